The molecule has 10 heavy (non-hydrogen) atoms. The lowest BCUT2D eigenvalue weighted by molar-refractivity contribution is -0.125. The van der Waals surface area contributed by atoms with Crippen LogP contribution >= 0.6 is 0 Å². The molecule has 0 spiro atoms. The number of hydrogen-bond acceptors (Lipinski definition) is 2. The number of aliphatic hydroxyl groups excluding tert-OH is 1. The molecule has 0 saturated heterocycles. The Morgan fingerprint density at radius 1 is 1.70 bits per heavy atom. The van der Waals surface area contributed by atoms with Gasteiger partial charge < -0.3 is 10.0 Å². The van der Waals surface area contributed by atoms with Crippen molar-refractivity contribution in [1.29, 1.82) is 0 Å². The maximum Gasteiger partial charge on any atom is 0.246 e. The second-order valence-corrected chi connectivity index (χ2v) is 1.98. The van der Waals surface area contributed by atoms with Crippen molar-refractivity contribution in [2.45, 2.75) is 6.92 Å². The van der Waals surface area contributed by atoms with Crippen molar-refractivity contribution < 1.29 is 9.90 Å². The smallest absolute Gasteiger partial charge is 0.246 e. The minimum absolute atomic E-state index is 0.0137. The Morgan fingerprint density at radius 2 is 2.30 bits per heavy atom. The first-order valence-corrected chi connectivity index (χ1v) is 3.21. The number of carbonyl (C=O) groups is 1. The predicted molar refractivity (Wildman–Crippen MR) is 39.5 cm³/mol. The highest BCUT2D eigenvalue weighted by Gasteiger charge is 2.00. The fourth-order valence-corrected chi connectivity index (χ4v) is 0.530. The number of allylic oxidation sites excluding steroid dienone is 1. The maximum atomic E-state index is 10.9. The second-order valence-electron chi connectivity index (χ2n) is 1.98. The molecule has 3 heteroatoms. The largest absolute Gasteiger partial charge is 0.395 e. The number of rotatable bonds is 3. The second kappa shape index (κ2) is 4.99. The first kappa shape index (κ1) is 9.17. The fraction of sp³-hybridized carbons (Fsp3) is 0.571. The van der Waals surface area contributed by atoms with Gasteiger partial charge in [-0.05, 0) is 13.0 Å². The van der Waals surface area contributed by atoms with Crippen molar-refractivity contribution in [1.82, 2.24) is 4.90 Å². The van der Waals surface area contributed by atoms with E-state index in [0.717, 1.165) is 0 Å². The summed E-state index contributed by atoms with van der Waals surface area (Å²) in [5, 5.41) is 8.44. The molecule has 0 aromatic heterocycles. The number of likely N-dealkylation sites (N-methyl/N-ethyl adjacent to an activating group) is 1. The Morgan fingerprint density at radius 3 is 2.70 bits per heavy atom. The SMILES string of the molecule is C/C=C/C(=O)N(C)CCO. The van der Waals surface area contributed by atoms with E-state index in [1.807, 2.05) is 0 Å². The maximum absolute atomic E-state index is 10.9. The van der Waals surface area contributed by atoms with Crippen molar-refractivity contribution in [3.05, 3.63) is 12.2 Å². The zero-order chi connectivity index (χ0) is 7.98. The average molecular weight is 143 g/mol. The summed E-state index contributed by atoms with van der Waals surface area (Å²) in [7, 11) is 1.65. The summed E-state index contributed by atoms with van der Waals surface area (Å²) in [5.74, 6) is -0.0726. The van der Waals surface area contributed by atoms with Crippen molar-refractivity contribution in [2.24, 2.45) is 0 Å². The van der Waals surface area contributed by atoms with Crippen LogP contribution in [0.3, 0.4) is 0 Å². The highest BCUT2D eigenvalue weighted by molar-refractivity contribution is 5.87. The van der Waals surface area contributed by atoms with Crippen LogP contribution in [0.25, 0.3) is 0 Å². The van der Waals surface area contributed by atoms with Gasteiger partial charge in [0.1, 0.15) is 0 Å². The molecule has 0 aliphatic carbocycles. The lowest BCUT2D eigenvalue weighted by Gasteiger charge is -2.11. The molecule has 0 atom stereocenters. The van der Waals surface area contributed by atoms with Gasteiger partial charge in [-0.1, -0.05) is 6.08 Å². The quantitative estimate of drug-likeness (QED) is 0.565. The Labute approximate surface area is 61.0 Å². The molecule has 0 unspecified atom stereocenters. The summed E-state index contributed by atoms with van der Waals surface area (Å²) in [5.41, 5.74) is 0. The van der Waals surface area contributed by atoms with E-state index in [1.54, 1.807) is 20.0 Å². The molecular formula is C7H13NO2. The van der Waals surface area contributed by atoms with Gasteiger partial charge in [-0.25, -0.2) is 0 Å². The minimum Gasteiger partial charge on any atom is -0.395 e. The van der Waals surface area contributed by atoms with Crippen molar-refractivity contribution in [3.8, 4) is 0 Å². The molecule has 3 nitrogen and oxygen atoms in total. The van der Waals surface area contributed by atoms with Crippen LogP contribution < -0.4 is 0 Å². The van der Waals surface area contributed by atoms with Crippen LogP contribution in [-0.2, 0) is 4.79 Å². The fourth-order valence-electron chi connectivity index (χ4n) is 0.530. The molecule has 58 valence electrons. The van der Waals surface area contributed by atoms with E-state index in [2.05, 4.69) is 0 Å². The number of nitrogens with zero attached hydrogens (tertiary/aromatic N) is 1. The molecule has 0 saturated carbocycles. The zero-order valence-electron chi connectivity index (χ0n) is 6.37. The highest BCUT2D eigenvalue weighted by Crippen LogP contribution is 1.84. The molecular weight excluding hydrogens is 130 g/mol. The topological polar surface area (TPSA) is 40.5 Å². The average Bonchev–Trinajstić information content (AvgIpc) is 1.89. The molecule has 0 rings (SSSR count). The van der Waals surface area contributed by atoms with Crippen LogP contribution in [-0.4, -0.2) is 36.1 Å². The Kier molecular flexibility index (Phi) is 4.58. The number of aliphatic hydroxyl groups is 1. The Balaban J connectivity index is 3.70. The lowest BCUT2D eigenvalue weighted by atomic mass is 10.4. The highest BCUT2D eigenvalue weighted by atomic mass is 16.3. The van der Waals surface area contributed by atoms with E-state index in [1.165, 1.54) is 11.0 Å². The minimum atomic E-state index is -0.0726. The van der Waals surface area contributed by atoms with Gasteiger partial charge in [-0.2, -0.15) is 0 Å². The summed E-state index contributed by atoms with van der Waals surface area (Å²) < 4.78 is 0. The van der Waals surface area contributed by atoms with Crippen LogP contribution in [0.4, 0.5) is 0 Å². The van der Waals surface area contributed by atoms with E-state index in [0.29, 0.717) is 6.54 Å². The summed E-state index contributed by atoms with van der Waals surface area (Å²) in [4.78, 5) is 12.3. The molecule has 0 heterocycles. The van der Waals surface area contributed by atoms with Gasteiger partial charge in [0.15, 0.2) is 0 Å². The lowest BCUT2D eigenvalue weighted by Crippen LogP contribution is -2.27. The van der Waals surface area contributed by atoms with Crippen molar-refractivity contribution >= 4 is 5.91 Å². The molecule has 1 N–H and O–H groups in total. The third-order valence-electron chi connectivity index (χ3n) is 1.12. The Hall–Kier alpha value is -0.830. The van der Waals surface area contributed by atoms with Gasteiger partial charge in [0.25, 0.3) is 0 Å². The monoisotopic (exact) mass is 143 g/mol. The molecule has 0 radical (unpaired) electrons. The van der Waals surface area contributed by atoms with Gasteiger partial charge in [-0.15, -0.1) is 0 Å². The van der Waals surface area contributed by atoms with E-state index >= 15 is 0 Å². The molecule has 0 aliphatic rings. The zero-order valence-corrected chi connectivity index (χ0v) is 6.37. The van der Waals surface area contributed by atoms with Gasteiger partial charge in [0, 0.05) is 13.6 Å². The summed E-state index contributed by atoms with van der Waals surface area (Å²) in [6, 6.07) is 0. The van der Waals surface area contributed by atoms with Gasteiger partial charge in [-0.3, -0.25) is 4.79 Å². The number of amides is 1. The summed E-state index contributed by atoms with van der Waals surface area (Å²) in [6.07, 6.45) is 3.14. The van der Waals surface area contributed by atoms with Crippen LogP contribution in [0.2, 0.25) is 0 Å². The van der Waals surface area contributed by atoms with Gasteiger partial charge in [0.2, 0.25) is 5.91 Å². The molecule has 0 fully saturated rings. The van der Waals surface area contributed by atoms with Crippen LogP contribution in [0.1, 0.15) is 6.92 Å². The number of hydrogen-bond donors (Lipinski definition) is 1. The summed E-state index contributed by atoms with van der Waals surface area (Å²) >= 11 is 0. The van der Waals surface area contributed by atoms with E-state index in [-0.39, 0.29) is 12.5 Å². The molecule has 0 aromatic carbocycles. The van der Waals surface area contributed by atoms with Crippen LogP contribution in [0.5, 0.6) is 0 Å². The molecule has 0 aliphatic heterocycles. The molecule has 1 amide bonds. The van der Waals surface area contributed by atoms with Crippen molar-refractivity contribution in [2.75, 3.05) is 20.2 Å². The Bertz CT molecular complexity index is 132. The van der Waals surface area contributed by atoms with Gasteiger partial charge in [0.05, 0.1) is 6.61 Å². The van der Waals surface area contributed by atoms with E-state index < -0.39 is 0 Å². The predicted octanol–water partition coefficient (Wildman–Crippen LogP) is 0.0132. The molecule has 0 bridgehead atoms. The first-order valence-electron chi connectivity index (χ1n) is 3.21. The first-order chi connectivity index (χ1) is 4.72. The van der Waals surface area contributed by atoms with E-state index in [9.17, 15) is 4.79 Å². The van der Waals surface area contributed by atoms with Crippen LogP contribution in [0.15, 0.2) is 12.2 Å². The van der Waals surface area contributed by atoms with Crippen molar-refractivity contribution in [3.63, 3.8) is 0 Å². The van der Waals surface area contributed by atoms with Crippen LogP contribution in [0, 0.1) is 0 Å². The standard InChI is InChI=1S/C7H13NO2/c1-3-4-7(10)8(2)5-6-9/h3-4,9H,5-6H2,1-2H3/b4-3+. The third-order valence-corrected chi connectivity index (χ3v) is 1.12. The summed E-state index contributed by atoms with van der Waals surface area (Å²) in [6.45, 7) is 2.19. The van der Waals surface area contributed by atoms with E-state index in [4.69, 9.17) is 5.11 Å². The normalized spacial score (nSPS) is 10.3. The number of carbonyl (C=O) groups excluding carboxylic acids is 1. The van der Waals surface area contributed by atoms with Gasteiger partial charge >= 0.3 is 0 Å². The third kappa shape index (κ3) is 3.25. The molecule has 0 aromatic rings.